The molecule has 3 rings (SSSR count). The zero-order valence-electron chi connectivity index (χ0n) is 18.5. The van der Waals surface area contributed by atoms with Crippen LogP contribution in [0.4, 0.5) is 18.9 Å². The van der Waals surface area contributed by atoms with Crippen LogP contribution in [0, 0.1) is 11.3 Å². The Morgan fingerprint density at radius 1 is 1.17 bits per heavy atom. The number of halogens is 3. The van der Waals surface area contributed by atoms with E-state index in [-0.39, 0.29) is 23.2 Å². The highest BCUT2D eigenvalue weighted by molar-refractivity contribution is 5.73. The topological polar surface area (TPSA) is 41.6 Å². The third-order valence-corrected chi connectivity index (χ3v) is 6.18. The molecule has 2 fully saturated rings. The molecule has 0 aliphatic carbocycles. The average molecular weight is 427 g/mol. The summed E-state index contributed by atoms with van der Waals surface area (Å²) in [5, 5.41) is 3.38. The van der Waals surface area contributed by atoms with Gasteiger partial charge in [-0.1, -0.05) is 19.9 Å². The molecular weight excluding hydrogens is 393 g/mol. The molecule has 30 heavy (non-hydrogen) atoms. The van der Waals surface area contributed by atoms with Crippen LogP contribution < -0.4 is 10.2 Å². The average Bonchev–Trinajstić information content (AvgIpc) is 2.98. The molecule has 0 amide bonds. The monoisotopic (exact) mass is 426 g/mol. The quantitative estimate of drug-likeness (QED) is 0.693. The molecule has 0 radical (unpaired) electrons. The Hall–Kier alpha value is -1.76. The fourth-order valence-electron chi connectivity index (χ4n) is 4.50. The van der Waals surface area contributed by atoms with Crippen molar-refractivity contribution >= 4 is 11.7 Å². The summed E-state index contributed by atoms with van der Waals surface area (Å²) in [6.45, 7) is 12.5. The van der Waals surface area contributed by atoms with Gasteiger partial charge < -0.3 is 15.0 Å². The number of piperidine rings is 1. The third-order valence-electron chi connectivity index (χ3n) is 6.18. The first kappa shape index (κ1) is 22.9. The van der Waals surface area contributed by atoms with Gasteiger partial charge in [0.2, 0.25) is 0 Å². The van der Waals surface area contributed by atoms with Crippen LogP contribution in [0.15, 0.2) is 18.2 Å². The van der Waals surface area contributed by atoms with Crippen molar-refractivity contribution in [1.29, 1.82) is 0 Å². The van der Waals surface area contributed by atoms with Crippen molar-refractivity contribution in [2.75, 3.05) is 31.1 Å². The number of nitrogens with one attached hydrogen (secondary N) is 1. The molecule has 0 bridgehead atoms. The second-order valence-corrected chi connectivity index (χ2v) is 10.2. The number of benzene rings is 1. The Bertz CT molecular complexity index is 776. The van der Waals surface area contributed by atoms with Gasteiger partial charge in [-0.2, -0.15) is 13.2 Å². The van der Waals surface area contributed by atoms with Crippen molar-refractivity contribution in [2.45, 2.75) is 65.2 Å². The normalized spacial score (nSPS) is 22.9. The van der Waals surface area contributed by atoms with Crippen molar-refractivity contribution in [3.05, 3.63) is 29.3 Å². The standard InChI is InChI=1S/C23H33F3N2O2/c1-21(2,3)30-20(29)15-8-10-28(11-9-15)19-12-16(23(24,25)26)6-7-17(19)18-13-27-14-22(18,4)5/h6-7,12,15,18,27H,8-11,13-14H2,1-5H3. The van der Waals surface area contributed by atoms with Crippen LogP contribution in [0.5, 0.6) is 0 Å². The van der Waals surface area contributed by atoms with E-state index in [9.17, 15) is 18.0 Å². The van der Waals surface area contributed by atoms with E-state index in [2.05, 4.69) is 19.2 Å². The maximum Gasteiger partial charge on any atom is 0.416 e. The maximum absolute atomic E-state index is 13.4. The van der Waals surface area contributed by atoms with Crippen LogP contribution >= 0.6 is 0 Å². The minimum absolute atomic E-state index is 0.0384. The number of rotatable bonds is 3. The number of anilines is 1. The maximum atomic E-state index is 13.4. The first-order chi connectivity index (χ1) is 13.8. The van der Waals surface area contributed by atoms with Crippen molar-refractivity contribution in [1.82, 2.24) is 5.32 Å². The predicted octanol–water partition coefficient (Wildman–Crippen LogP) is 4.98. The first-order valence-electron chi connectivity index (χ1n) is 10.7. The number of hydrogen-bond donors (Lipinski definition) is 1. The van der Waals surface area contributed by atoms with E-state index < -0.39 is 17.3 Å². The predicted molar refractivity (Wildman–Crippen MR) is 112 cm³/mol. The highest BCUT2D eigenvalue weighted by atomic mass is 19.4. The Balaban J connectivity index is 1.85. The van der Waals surface area contributed by atoms with E-state index in [1.54, 1.807) is 6.07 Å². The molecule has 1 aromatic carbocycles. The molecule has 2 aliphatic rings. The summed E-state index contributed by atoms with van der Waals surface area (Å²) in [7, 11) is 0. The van der Waals surface area contributed by atoms with Crippen molar-refractivity contribution in [3.8, 4) is 0 Å². The van der Waals surface area contributed by atoms with Gasteiger partial charge in [-0.3, -0.25) is 4.79 Å². The summed E-state index contributed by atoms with van der Waals surface area (Å²) in [6.07, 6.45) is -3.22. The number of carbonyl (C=O) groups excluding carboxylic acids is 1. The molecule has 1 aromatic rings. The number of carbonyl (C=O) groups is 1. The van der Waals surface area contributed by atoms with Gasteiger partial charge in [-0.25, -0.2) is 0 Å². The van der Waals surface area contributed by atoms with E-state index in [1.807, 2.05) is 25.7 Å². The number of ether oxygens (including phenoxy) is 1. The van der Waals surface area contributed by atoms with Gasteiger partial charge in [0.1, 0.15) is 5.60 Å². The number of hydrogen-bond acceptors (Lipinski definition) is 4. The van der Waals surface area contributed by atoms with Crippen LogP contribution in [0.3, 0.4) is 0 Å². The molecule has 2 saturated heterocycles. The summed E-state index contributed by atoms with van der Waals surface area (Å²) in [5.41, 5.74) is 0.398. The van der Waals surface area contributed by atoms with Crippen LogP contribution in [0.1, 0.15) is 64.5 Å². The lowest BCUT2D eigenvalue weighted by atomic mass is 9.76. The zero-order valence-corrected chi connectivity index (χ0v) is 18.5. The van der Waals surface area contributed by atoms with E-state index in [0.29, 0.717) is 31.6 Å². The number of alkyl halides is 3. The Morgan fingerprint density at radius 3 is 2.30 bits per heavy atom. The van der Waals surface area contributed by atoms with Crippen LogP contribution in [0.2, 0.25) is 0 Å². The van der Waals surface area contributed by atoms with E-state index in [1.165, 1.54) is 12.1 Å². The summed E-state index contributed by atoms with van der Waals surface area (Å²) in [4.78, 5) is 14.4. The minimum Gasteiger partial charge on any atom is -0.460 e. The molecule has 0 aromatic heterocycles. The molecule has 2 heterocycles. The van der Waals surface area contributed by atoms with Crippen molar-refractivity contribution < 1.29 is 22.7 Å². The van der Waals surface area contributed by atoms with E-state index >= 15 is 0 Å². The molecule has 4 nitrogen and oxygen atoms in total. The fourth-order valence-corrected chi connectivity index (χ4v) is 4.50. The van der Waals surface area contributed by atoms with Gasteiger partial charge in [-0.15, -0.1) is 0 Å². The molecule has 7 heteroatoms. The van der Waals surface area contributed by atoms with Gasteiger partial charge in [0.05, 0.1) is 11.5 Å². The number of esters is 1. The molecular formula is C23H33F3N2O2. The zero-order chi connectivity index (χ0) is 22.3. The van der Waals surface area contributed by atoms with Crippen LogP contribution in [-0.4, -0.2) is 37.7 Å². The van der Waals surface area contributed by atoms with Gasteiger partial charge in [0.15, 0.2) is 0 Å². The third kappa shape index (κ3) is 5.10. The SMILES string of the molecule is CC(C)(C)OC(=O)C1CCN(c2cc(C(F)(F)F)ccc2C2CNCC2(C)C)CC1. The molecule has 1 unspecified atom stereocenters. The van der Waals surface area contributed by atoms with Gasteiger partial charge in [0.25, 0.3) is 0 Å². The summed E-state index contributed by atoms with van der Waals surface area (Å²) in [6, 6.07) is 4.13. The second-order valence-electron chi connectivity index (χ2n) is 10.2. The summed E-state index contributed by atoms with van der Waals surface area (Å²) < 4.78 is 45.8. The van der Waals surface area contributed by atoms with Crippen LogP contribution in [-0.2, 0) is 15.7 Å². The lowest BCUT2D eigenvalue weighted by molar-refractivity contribution is -0.160. The summed E-state index contributed by atoms with van der Waals surface area (Å²) >= 11 is 0. The lowest BCUT2D eigenvalue weighted by Crippen LogP contribution is -2.39. The molecule has 1 N–H and O–H groups in total. The Labute approximate surface area is 177 Å². The molecule has 1 atom stereocenters. The summed E-state index contributed by atoms with van der Waals surface area (Å²) in [5.74, 6) is -0.287. The van der Waals surface area contributed by atoms with E-state index in [4.69, 9.17) is 4.74 Å². The van der Waals surface area contributed by atoms with Gasteiger partial charge >= 0.3 is 12.1 Å². The second kappa shape index (κ2) is 8.06. The van der Waals surface area contributed by atoms with Crippen LogP contribution in [0.25, 0.3) is 0 Å². The molecule has 0 saturated carbocycles. The molecule has 2 aliphatic heterocycles. The highest BCUT2D eigenvalue weighted by Crippen LogP contribution is 2.44. The fraction of sp³-hybridized carbons (Fsp3) is 0.696. The largest absolute Gasteiger partial charge is 0.460 e. The smallest absolute Gasteiger partial charge is 0.416 e. The molecule has 168 valence electrons. The van der Waals surface area contributed by atoms with Crippen molar-refractivity contribution in [2.24, 2.45) is 11.3 Å². The van der Waals surface area contributed by atoms with Gasteiger partial charge in [-0.05, 0) is 56.7 Å². The van der Waals surface area contributed by atoms with Gasteiger partial charge in [0, 0.05) is 37.8 Å². The highest BCUT2D eigenvalue weighted by Gasteiger charge is 2.39. The van der Waals surface area contributed by atoms with Crippen molar-refractivity contribution in [3.63, 3.8) is 0 Å². The lowest BCUT2D eigenvalue weighted by Gasteiger charge is -2.37. The first-order valence-corrected chi connectivity index (χ1v) is 10.7. The minimum atomic E-state index is -4.38. The Kier molecular flexibility index (Phi) is 6.16. The number of nitrogens with zero attached hydrogens (tertiary/aromatic N) is 1. The molecule has 0 spiro atoms. The Morgan fingerprint density at radius 2 is 1.80 bits per heavy atom. The van der Waals surface area contributed by atoms with E-state index in [0.717, 1.165) is 18.7 Å².